The second-order valence-corrected chi connectivity index (χ2v) is 7.18. The van der Waals surface area contributed by atoms with Gasteiger partial charge in [0.1, 0.15) is 0 Å². The van der Waals surface area contributed by atoms with Crippen LogP contribution in [0.25, 0.3) is 16.9 Å². The number of aryl methyl sites for hydroxylation is 1. The Morgan fingerprint density at radius 1 is 1.10 bits per heavy atom. The molecule has 4 rings (SSSR count). The van der Waals surface area contributed by atoms with Crippen molar-refractivity contribution in [2.75, 3.05) is 24.3 Å². The van der Waals surface area contributed by atoms with Crippen molar-refractivity contribution in [1.82, 2.24) is 19.7 Å². The van der Waals surface area contributed by atoms with Crippen molar-refractivity contribution in [3.63, 3.8) is 0 Å². The van der Waals surface area contributed by atoms with E-state index in [4.69, 9.17) is 4.98 Å². The van der Waals surface area contributed by atoms with Crippen molar-refractivity contribution in [2.45, 2.75) is 13.5 Å². The van der Waals surface area contributed by atoms with E-state index >= 15 is 0 Å². The Hall–Kier alpha value is -3.94. The maximum Gasteiger partial charge on any atom is 0.336 e. The van der Waals surface area contributed by atoms with Gasteiger partial charge in [-0.1, -0.05) is 36.4 Å². The molecular formula is C22H22N6O2. The molecule has 0 radical (unpaired) electrons. The number of hydrogen-bond acceptors (Lipinski definition) is 6. The molecule has 2 aromatic heterocycles. The molecule has 0 saturated carbocycles. The molecular weight excluding hydrogens is 380 g/mol. The molecule has 0 spiro atoms. The number of aromatic carboxylic acids is 1. The zero-order valence-corrected chi connectivity index (χ0v) is 17.0. The lowest BCUT2D eigenvalue weighted by atomic mass is 10.1. The van der Waals surface area contributed by atoms with Crippen molar-refractivity contribution in [3.8, 4) is 5.95 Å². The van der Waals surface area contributed by atoms with Gasteiger partial charge >= 0.3 is 5.97 Å². The fourth-order valence-electron chi connectivity index (χ4n) is 3.42. The Bertz CT molecular complexity index is 1220. The SMILES string of the molecule is Cc1cc2c(C(=O)O)cccc2n1-c1nnc(N(C)C)c(NCc2ccccc2)n1. The first kappa shape index (κ1) is 19.4. The third-order valence-corrected chi connectivity index (χ3v) is 4.84. The summed E-state index contributed by atoms with van der Waals surface area (Å²) in [7, 11) is 3.77. The molecule has 0 aliphatic carbocycles. The van der Waals surface area contributed by atoms with E-state index in [1.54, 1.807) is 12.1 Å². The molecule has 152 valence electrons. The summed E-state index contributed by atoms with van der Waals surface area (Å²) in [5, 5.41) is 22.2. The third-order valence-electron chi connectivity index (χ3n) is 4.84. The Morgan fingerprint density at radius 2 is 1.87 bits per heavy atom. The average molecular weight is 402 g/mol. The van der Waals surface area contributed by atoms with Crippen LogP contribution in [-0.2, 0) is 6.54 Å². The fraction of sp³-hybridized carbons (Fsp3) is 0.182. The summed E-state index contributed by atoms with van der Waals surface area (Å²) < 4.78 is 1.82. The minimum Gasteiger partial charge on any atom is -0.478 e. The number of aromatic nitrogens is 4. The normalized spacial score (nSPS) is 10.9. The Kier molecular flexibility index (Phi) is 5.05. The molecule has 30 heavy (non-hydrogen) atoms. The van der Waals surface area contributed by atoms with Crippen LogP contribution >= 0.6 is 0 Å². The summed E-state index contributed by atoms with van der Waals surface area (Å²) in [6.07, 6.45) is 0. The molecule has 8 nitrogen and oxygen atoms in total. The maximum absolute atomic E-state index is 11.6. The number of anilines is 2. The van der Waals surface area contributed by atoms with E-state index in [1.807, 2.05) is 73.0 Å². The van der Waals surface area contributed by atoms with Gasteiger partial charge in [0.2, 0.25) is 0 Å². The van der Waals surface area contributed by atoms with Crippen molar-refractivity contribution in [1.29, 1.82) is 0 Å². The zero-order chi connectivity index (χ0) is 21.3. The highest BCUT2D eigenvalue weighted by molar-refractivity contribution is 6.03. The maximum atomic E-state index is 11.6. The number of carbonyl (C=O) groups is 1. The topological polar surface area (TPSA) is 96.2 Å². The molecule has 0 aliphatic heterocycles. The standard InChI is InChI=1S/C22H22N6O2/c1-14-12-17-16(21(29)30)10-7-11-18(17)28(14)22-24-19(20(25-26-22)27(2)3)23-13-15-8-5-4-6-9-15/h4-12H,13H2,1-3H3,(H,29,30)(H,23,24,26). The second-order valence-electron chi connectivity index (χ2n) is 7.18. The van der Waals surface area contributed by atoms with Crippen LogP contribution in [0.5, 0.6) is 0 Å². The van der Waals surface area contributed by atoms with Crippen LogP contribution in [0.3, 0.4) is 0 Å². The van der Waals surface area contributed by atoms with E-state index < -0.39 is 5.97 Å². The first-order valence-corrected chi connectivity index (χ1v) is 9.50. The van der Waals surface area contributed by atoms with Crippen LogP contribution in [0.4, 0.5) is 11.6 Å². The van der Waals surface area contributed by atoms with Crippen LogP contribution in [0, 0.1) is 6.92 Å². The van der Waals surface area contributed by atoms with Crippen molar-refractivity contribution in [2.24, 2.45) is 0 Å². The number of nitrogens with one attached hydrogen (secondary N) is 1. The number of carboxylic acid groups (broad SMARTS) is 1. The van der Waals surface area contributed by atoms with E-state index in [-0.39, 0.29) is 5.56 Å². The second kappa shape index (κ2) is 7.82. The lowest BCUT2D eigenvalue weighted by Crippen LogP contribution is -2.18. The zero-order valence-electron chi connectivity index (χ0n) is 17.0. The van der Waals surface area contributed by atoms with E-state index in [9.17, 15) is 9.90 Å². The van der Waals surface area contributed by atoms with Gasteiger partial charge in [0.05, 0.1) is 11.1 Å². The highest BCUT2D eigenvalue weighted by atomic mass is 16.4. The van der Waals surface area contributed by atoms with Gasteiger partial charge < -0.3 is 15.3 Å². The van der Waals surface area contributed by atoms with Crippen LogP contribution in [0.2, 0.25) is 0 Å². The van der Waals surface area contributed by atoms with E-state index in [2.05, 4.69) is 15.5 Å². The largest absolute Gasteiger partial charge is 0.478 e. The number of carboxylic acids is 1. The van der Waals surface area contributed by atoms with E-state index in [1.165, 1.54) is 0 Å². The number of hydrogen-bond donors (Lipinski definition) is 2. The Balaban J connectivity index is 1.79. The molecule has 0 aliphatic rings. The van der Waals surface area contributed by atoms with Gasteiger partial charge in [0.15, 0.2) is 11.6 Å². The molecule has 2 heterocycles. The fourth-order valence-corrected chi connectivity index (χ4v) is 3.42. The number of benzene rings is 2. The first-order valence-electron chi connectivity index (χ1n) is 9.50. The van der Waals surface area contributed by atoms with Gasteiger partial charge in [-0.25, -0.2) is 4.79 Å². The van der Waals surface area contributed by atoms with Gasteiger partial charge in [0.25, 0.3) is 5.95 Å². The lowest BCUT2D eigenvalue weighted by Gasteiger charge is -2.17. The monoisotopic (exact) mass is 402 g/mol. The number of nitrogens with zero attached hydrogens (tertiary/aromatic N) is 5. The van der Waals surface area contributed by atoms with Gasteiger partial charge in [-0.15, -0.1) is 10.2 Å². The molecule has 0 saturated heterocycles. The minimum atomic E-state index is -0.968. The quantitative estimate of drug-likeness (QED) is 0.509. The third kappa shape index (κ3) is 3.55. The minimum absolute atomic E-state index is 0.245. The molecule has 2 aromatic carbocycles. The molecule has 0 amide bonds. The molecule has 0 unspecified atom stereocenters. The predicted octanol–water partition coefficient (Wildman–Crippen LogP) is 3.50. The van der Waals surface area contributed by atoms with Gasteiger partial charge in [-0.05, 0) is 30.7 Å². The summed E-state index contributed by atoms with van der Waals surface area (Å²) in [5.41, 5.74) is 2.92. The van der Waals surface area contributed by atoms with Crippen molar-refractivity contribution in [3.05, 3.63) is 71.4 Å². The summed E-state index contributed by atoms with van der Waals surface area (Å²) in [5.74, 6) is 0.635. The van der Waals surface area contributed by atoms with Crippen molar-refractivity contribution >= 4 is 28.5 Å². The number of fused-ring (bicyclic) bond motifs is 1. The van der Waals surface area contributed by atoms with Crippen LogP contribution in [-0.4, -0.2) is 44.9 Å². The lowest BCUT2D eigenvalue weighted by molar-refractivity contribution is 0.0699. The summed E-state index contributed by atoms with van der Waals surface area (Å²) >= 11 is 0. The average Bonchev–Trinajstić information content (AvgIpc) is 3.08. The van der Waals surface area contributed by atoms with Crippen LogP contribution in [0.1, 0.15) is 21.6 Å². The van der Waals surface area contributed by atoms with Gasteiger partial charge in [0, 0.05) is 31.7 Å². The van der Waals surface area contributed by atoms with Crippen molar-refractivity contribution < 1.29 is 9.90 Å². The molecule has 4 aromatic rings. The molecule has 0 fully saturated rings. The van der Waals surface area contributed by atoms with E-state index in [0.29, 0.717) is 29.5 Å². The van der Waals surface area contributed by atoms with Gasteiger partial charge in [-0.2, -0.15) is 4.98 Å². The Morgan fingerprint density at radius 3 is 2.57 bits per heavy atom. The first-order chi connectivity index (χ1) is 14.5. The Labute approximate surface area is 173 Å². The summed E-state index contributed by atoms with van der Waals surface area (Å²) in [6, 6.07) is 17.0. The summed E-state index contributed by atoms with van der Waals surface area (Å²) in [4.78, 5) is 18.2. The highest BCUT2D eigenvalue weighted by Crippen LogP contribution is 2.27. The molecule has 8 heteroatoms. The van der Waals surface area contributed by atoms with E-state index in [0.717, 1.165) is 16.8 Å². The smallest absolute Gasteiger partial charge is 0.336 e. The van der Waals surface area contributed by atoms with Crippen LogP contribution < -0.4 is 10.2 Å². The molecule has 0 bridgehead atoms. The van der Waals surface area contributed by atoms with Crippen LogP contribution in [0.15, 0.2) is 54.6 Å². The predicted molar refractivity (Wildman–Crippen MR) is 116 cm³/mol. The van der Waals surface area contributed by atoms with Gasteiger partial charge in [-0.3, -0.25) is 4.57 Å². The molecule has 0 atom stereocenters. The molecule has 2 N–H and O–H groups in total. The highest BCUT2D eigenvalue weighted by Gasteiger charge is 2.18. The number of rotatable bonds is 6. The summed E-state index contributed by atoms with van der Waals surface area (Å²) in [6.45, 7) is 2.49.